The maximum atomic E-state index is 11.0. The highest BCUT2D eigenvalue weighted by atomic mass is 16.5. The lowest BCUT2D eigenvalue weighted by molar-refractivity contribution is 0.281. The normalized spacial score (nSPS) is 11.4. The molecule has 6 heteroatoms. The van der Waals surface area contributed by atoms with Crippen molar-refractivity contribution in [3.8, 4) is 11.5 Å². The van der Waals surface area contributed by atoms with Gasteiger partial charge >= 0.3 is 0 Å². The molecule has 8 rings (SSSR count). The molecule has 6 nitrogen and oxygen atoms in total. The molecule has 0 radical (unpaired) electrons. The smallest absolute Gasteiger partial charge is 0.127 e. The SMILES string of the molecule is COc1ccc(C(C)(c2ccc(CO)c(C(=C=Nc3ccccc3)c3ccccc3)c2)c2ccc(OC)c(C(=C=Nc3ccccc3)c3ccccc3)c2)cc1C(C)=C=Nc1ccccc1. The summed E-state index contributed by atoms with van der Waals surface area (Å²) in [6.45, 7) is 4.04. The van der Waals surface area contributed by atoms with Gasteiger partial charge in [-0.1, -0.05) is 140 Å². The van der Waals surface area contributed by atoms with Crippen molar-refractivity contribution >= 4 is 51.4 Å². The van der Waals surface area contributed by atoms with Crippen LogP contribution in [0.4, 0.5) is 17.1 Å². The Hall–Kier alpha value is -8.33. The number of allylic oxidation sites excluding steroid dienone is 1. The largest absolute Gasteiger partial charge is 0.496 e. The Kier molecular flexibility index (Phi) is 14.0. The number of benzene rings is 8. The molecule has 0 saturated heterocycles. The Bertz CT molecular complexity index is 2990. The topological polar surface area (TPSA) is 75.8 Å². The minimum absolute atomic E-state index is 0.189. The fourth-order valence-electron chi connectivity index (χ4n) is 8.01. The van der Waals surface area contributed by atoms with E-state index in [0.29, 0.717) is 11.5 Å². The number of aliphatic hydroxyl groups is 1. The second kappa shape index (κ2) is 20.9. The first-order valence-corrected chi connectivity index (χ1v) is 21.8. The Morgan fingerprint density at radius 2 is 0.818 bits per heavy atom. The number of aliphatic imine (C=N–C) groups is 3. The summed E-state index contributed by atoms with van der Waals surface area (Å²) in [4.78, 5) is 14.3. The van der Waals surface area contributed by atoms with Crippen molar-refractivity contribution in [1.82, 2.24) is 0 Å². The molecule has 322 valence electrons. The molecule has 66 heavy (non-hydrogen) atoms. The third-order valence-corrected chi connectivity index (χ3v) is 11.7. The molecule has 0 fully saturated rings. The van der Waals surface area contributed by atoms with Gasteiger partial charge in [-0.3, -0.25) is 0 Å². The molecule has 0 heterocycles. The van der Waals surface area contributed by atoms with Gasteiger partial charge in [-0.15, -0.1) is 0 Å². The van der Waals surface area contributed by atoms with Crippen LogP contribution < -0.4 is 9.47 Å². The highest BCUT2D eigenvalue weighted by Gasteiger charge is 2.34. The van der Waals surface area contributed by atoms with Crippen LogP contribution in [-0.4, -0.2) is 36.9 Å². The van der Waals surface area contributed by atoms with Gasteiger partial charge in [0.25, 0.3) is 0 Å². The van der Waals surface area contributed by atoms with E-state index in [1.165, 1.54) is 0 Å². The molecule has 1 unspecified atom stereocenters. The zero-order chi connectivity index (χ0) is 45.7. The van der Waals surface area contributed by atoms with Gasteiger partial charge in [0.2, 0.25) is 0 Å². The Morgan fingerprint density at radius 3 is 1.26 bits per heavy atom. The number of aliphatic hydroxyl groups excluding tert-OH is 1. The van der Waals surface area contributed by atoms with Crippen LogP contribution in [0.5, 0.6) is 11.5 Å². The molecule has 0 aliphatic heterocycles. The van der Waals surface area contributed by atoms with Gasteiger partial charge in [0.05, 0.1) is 49.0 Å². The van der Waals surface area contributed by atoms with Gasteiger partial charge < -0.3 is 14.6 Å². The van der Waals surface area contributed by atoms with Crippen LogP contribution in [0.15, 0.2) is 221 Å². The first kappa shape index (κ1) is 44.3. The standard InChI is InChI=1S/C60H49N3O3/c1-43(39-61-50-24-14-7-15-25-50)53-36-48(32-34-58(53)65-3)60(2,47-31-30-46(42-64)54(37-47)56(44-20-10-5-11-21-44)40-62-51-26-16-8-17-27-51)49-33-35-59(66-4)55(38-49)57(45-22-12-6-13-23-45)41-63-52-28-18-9-19-29-52/h5-38,64H,42H2,1-4H3. The number of hydrogen-bond donors (Lipinski definition) is 1. The van der Waals surface area contributed by atoms with Crippen LogP contribution in [0.25, 0.3) is 16.7 Å². The zero-order valence-electron chi connectivity index (χ0n) is 37.4. The first-order valence-electron chi connectivity index (χ1n) is 21.8. The van der Waals surface area contributed by atoms with E-state index < -0.39 is 5.41 Å². The van der Waals surface area contributed by atoms with Crippen LogP contribution in [0.2, 0.25) is 0 Å². The number of para-hydroxylation sites is 3. The average molecular weight is 860 g/mol. The molecular formula is C60H49N3O3. The lowest BCUT2D eigenvalue weighted by Gasteiger charge is -2.34. The third-order valence-electron chi connectivity index (χ3n) is 11.7. The summed E-state index contributed by atoms with van der Waals surface area (Å²) in [5, 5.41) is 11.0. The average Bonchev–Trinajstić information content (AvgIpc) is 3.39. The molecule has 0 aliphatic carbocycles. The molecule has 0 aromatic heterocycles. The minimum Gasteiger partial charge on any atom is -0.496 e. The first-order chi connectivity index (χ1) is 32.4. The van der Waals surface area contributed by atoms with E-state index in [2.05, 4.69) is 78.1 Å². The van der Waals surface area contributed by atoms with Gasteiger partial charge in [0, 0.05) is 22.1 Å². The van der Waals surface area contributed by atoms with E-state index in [1.54, 1.807) is 14.2 Å². The summed E-state index contributed by atoms with van der Waals surface area (Å²) >= 11 is 0. The summed E-state index contributed by atoms with van der Waals surface area (Å²) in [6, 6.07) is 68.5. The Balaban J connectivity index is 1.42. The summed E-state index contributed by atoms with van der Waals surface area (Å²) in [5.74, 6) is 11.5. The Morgan fingerprint density at radius 1 is 0.455 bits per heavy atom. The van der Waals surface area contributed by atoms with Gasteiger partial charge in [-0.2, -0.15) is 0 Å². The van der Waals surface area contributed by atoms with Crippen molar-refractivity contribution in [3.63, 3.8) is 0 Å². The molecule has 0 bridgehead atoms. The van der Waals surface area contributed by atoms with Crippen molar-refractivity contribution in [2.75, 3.05) is 14.2 Å². The van der Waals surface area contributed by atoms with Crippen molar-refractivity contribution in [2.24, 2.45) is 15.0 Å². The quantitative estimate of drug-likeness (QED) is 0.0874. The molecule has 0 amide bonds. The van der Waals surface area contributed by atoms with Crippen molar-refractivity contribution in [3.05, 3.63) is 256 Å². The number of rotatable bonds is 14. The number of methoxy groups -OCH3 is 2. The highest BCUT2D eigenvalue weighted by molar-refractivity contribution is 6.02. The lowest BCUT2D eigenvalue weighted by atomic mass is 9.69. The van der Waals surface area contributed by atoms with E-state index in [-0.39, 0.29) is 6.61 Å². The fraction of sp³-hybridized carbons (Fsp3) is 0.100. The molecule has 8 aromatic rings. The highest BCUT2D eigenvalue weighted by Crippen LogP contribution is 2.45. The molecular weight excluding hydrogens is 811 g/mol. The summed E-state index contributed by atoms with van der Waals surface area (Å²) in [6.07, 6.45) is 0. The van der Waals surface area contributed by atoms with E-state index in [0.717, 1.165) is 83.9 Å². The lowest BCUT2D eigenvalue weighted by Crippen LogP contribution is -2.26. The van der Waals surface area contributed by atoms with Gasteiger partial charge in [-0.25, -0.2) is 15.0 Å². The van der Waals surface area contributed by atoms with Crippen LogP contribution in [0.3, 0.4) is 0 Å². The summed E-state index contributed by atoms with van der Waals surface area (Å²) < 4.78 is 12.1. The van der Waals surface area contributed by atoms with E-state index in [1.807, 2.05) is 165 Å². The monoisotopic (exact) mass is 859 g/mol. The van der Waals surface area contributed by atoms with Crippen molar-refractivity contribution in [1.29, 1.82) is 0 Å². The number of ether oxygens (including phenoxy) is 2. The fourth-order valence-corrected chi connectivity index (χ4v) is 8.01. The molecule has 8 aromatic carbocycles. The van der Waals surface area contributed by atoms with Gasteiger partial charge in [0.1, 0.15) is 11.5 Å². The zero-order valence-corrected chi connectivity index (χ0v) is 37.4. The molecule has 0 saturated carbocycles. The van der Waals surface area contributed by atoms with Gasteiger partial charge in [-0.05, 0) is 137 Å². The summed E-state index contributed by atoms with van der Waals surface area (Å²) in [7, 11) is 3.36. The summed E-state index contributed by atoms with van der Waals surface area (Å²) in [5.41, 5.74) is 11.8. The Labute approximate surface area is 387 Å². The molecule has 1 N–H and O–H groups in total. The number of hydrogen-bond acceptors (Lipinski definition) is 6. The predicted octanol–water partition coefficient (Wildman–Crippen LogP) is 13.8. The molecule has 1 atom stereocenters. The van der Waals surface area contributed by atoms with Crippen molar-refractivity contribution < 1.29 is 14.6 Å². The second-order valence-corrected chi connectivity index (χ2v) is 15.8. The van der Waals surface area contributed by atoms with Crippen LogP contribution in [0, 0.1) is 0 Å². The molecule has 0 aliphatic rings. The van der Waals surface area contributed by atoms with Crippen LogP contribution in [-0.2, 0) is 12.0 Å². The van der Waals surface area contributed by atoms with E-state index in [4.69, 9.17) is 19.5 Å². The van der Waals surface area contributed by atoms with E-state index >= 15 is 0 Å². The van der Waals surface area contributed by atoms with Crippen molar-refractivity contribution in [2.45, 2.75) is 25.9 Å². The van der Waals surface area contributed by atoms with Crippen LogP contribution >= 0.6 is 0 Å². The van der Waals surface area contributed by atoms with Gasteiger partial charge in [0.15, 0.2) is 0 Å². The molecule has 0 spiro atoms. The third kappa shape index (κ3) is 9.90. The minimum atomic E-state index is -0.849. The number of nitrogens with zero attached hydrogens (tertiary/aromatic N) is 3. The maximum absolute atomic E-state index is 11.0. The maximum Gasteiger partial charge on any atom is 0.127 e. The predicted molar refractivity (Wildman–Crippen MR) is 272 cm³/mol. The second-order valence-electron chi connectivity index (χ2n) is 15.8. The van der Waals surface area contributed by atoms with E-state index in [9.17, 15) is 5.11 Å². The van der Waals surface area contributed by atoms with Crippen LogP contribution in [0.1, 0.15) is 63.9 Å².